The predicted molar refractivity (Wildman–Crippen MR) is 139 cm³/mol. The van der Waals surface area contributed by atoms with Crippen LogP contribution < -0.4 is 5.32 Å². The number of benzene rings is 1. The SMILES string of the molecule is CC1CN(C(=O)OC(C)(C)C)CCN1.CC1CN(C(=O)OC(C)(C)C)CCN1Cc1ccccc1. The number of rotatable bonds is 2. The lowest BCUT2D eigenvalue weighted by Gasteiger charge is -2.40. The number of nitrogens with zero attached hydrogens (tertiary/aromatic N) is 3. The fraction of sp³-hybridized carbons (Fsp3) is 0.704. The van der Waals surface area contributed by atoms with Gasteiger partial charge in [0.05, 0.1) is 0 Å². The van der Waals surface area contributed by atoms with Crippen molar-refractivity contribution in [1.29, 1.82) is 0 Å². The molecule has 2 amide bonds. The minimum Gasteiger partial charge on any atom is -0.444 e. The normalized spacial score (nSPS) is 21.6. The van der Waals surface area contributed by atoms with Crippen molar-refractivity contribution in [3.8, 4) is 0 Å². The molecule has 1 N–H and O–H groups in total. The van der Waals surface area contributed by atoms with Crippen molar-refractivity contribution in [2.75, 3.05) is 39.3 Å². The maximum absolute atomic E-state index is 12.1. The highest BCUT2D eigenvalue weighted by atomic mass is 16.6. The molecule has 8 nitrogen and oxygen atoms in total. The van der Waals surface area contributed by atoms with E-state index in [9.17, 15) is 9.59 Å². The molecule has 2 fully saturated rings. The number of hydrogen-bond acceptors (Lipinski definition) is 6. The Morgan fingerprint density at radius 2 is 1.40 bits per heavy atom. The molecule has 3 rings (SSSR count). The zero-order valence-corrected chi connectivity index (χ0v) is 23.0. The van der Waals surface area contributed by atoms with Crippen LogP contribution in [0.1, 0.15) is 61.0 Å². The number of hydrogen-bond donors (Lipinski definition) is 1. The van der Waals surface area contributed by atoms with Crippen molar-refractivity contribution in [2.24, 2.45) is 0 Å². The molecule has 0 radical (unpaired) electrons. The Hall–Kier alpha value is -2.32. The van der Waals surface area contributed by atoms with Gasteiger partial charge in [0.25, 0.3) is 0 Å². The summed E-state index contributed by atoms with van der Waals surface area (Å²) in [7, 11) is 0. The van der Waals surface area contributed by atoms with Crippen molar-refractivity contribution in [3.05, 3.63) is 35.9 Å². The smallest absolute Gasteiger partial charge is 0.410 e. The molecular weight excluding hydrogens is 444 g/mol. The molecule has 35 heavy (non-hydrogen) atoms. The Bertz CT molecular complexity index is 804. The molecule has 198 valence electrons. The molecule has 2 heterocycles. The number of piperazine rings is 2. The molecule has 0 aliphatic carbocycles. The number of amides is 2. The Balaban J connectivity index is 0.000000269. The Labute approximate surface area is 211 Å². The maximum Gasteiger partial charge on any atom is 0.410 e. The van der Waals surface area contributed by atoms with Crippen LogP contribution in [0.4, 0.5) is 9.59 Å². The van der Waals surface area contributed by atoms with E-state index in [1.807, 2.05) is 52.5 Å². The molecule has 8 heteroatoms. The van der Waals surface area contributed by atoms with Crippen LogP contribution in [0, 0.1) is 0 Å². The van der Waals surface area contributed by atoms with Crippen LogP contribution in [-0.4, -0.2) is 89.4 Å². The molecule has 2 atom stereocenters. The first-order chi connectivity index (χ1) is 16.2. The van der Waals surface area contributed by atoms with E-state index in [-0.39, 0.29) is 12.2 Å². The van der Waals surface area contributed by atoms with Crippen LogP contribution in [-0.2, 0) is 16.0 Å². The topological polar surface area (TPSA) is 74.3 Å². The summed E-state index contributed by atoms with van der Waals surface area (Å²) in [6.07, 6.45) is -0.403. The summed E-state index contributed by atoms with van der Waals surface area (Å²) in [4.78, 5) is 29.7. The van der Waals surface area contributed by atoms with E-state index >= 15 is 0 Å². The average molecular weight is 491 g/mol. The van der Waals surface area contributed by atoms with Gasteiger partial charge in [0.2, 0.25) is 0 Å². The van der Waals surface area contributed by atoms with E-state index in [1.54, 1.807) is 4.90 Å². The third-order valence-corrected chi connectivity index (χ3v) is 5.67. The van der Waals surface area contributed by atoms with Crippen molar-refractivity contribution in [1.82, 2.24) is 20.0 Å². The van der Waals surface area contributed by atoms with Crippen LogP contribution in [0.2, 0.25) is 0 Å². The lowest BCUT2D eigenvalue weighted by molar-refractivity contribution is 0.00456. The monoisotopic (exact) mass is 490 g/mol. The van der Waals surface area contributed by atoms with Crippen molar-refractivity contribution < 1.29 is 19.1 Å². The van der Waals surface area contributed by atoms with Crippen molar-refractivity contribution >= 4 is 12.2 Å². The van der Waals surface area contributed by atoms with E-state index in [4.69, 9.17) is 9.47 Å². The van der Waals surface area contributed by atoms with E-state index in [0.717, 1.165) is 45.8 Å². The molecule has 0 aromatic heterocycles. The lowest BCUT2D eigenvalue weighted by atomic mass is 10.1. The Morgan fingerprint density at radius 1 is 0.857 bits per heavy atom. The second-order valence-electron chi connectivity index (χ2n) is 11.5. The van der Waals surface area contributed by atoms with E-state index in [2.05, 4.69) is 48.3 Å². The predicted octanol–water partition coefficient (Wildman–Crippen LogP) is 4.34. The van der Waals surface area contributed by atoms with Gasteiger partial charge in [-0.3, -0.25) is 4.90 Å². The first-order valence-electron chi connectivity index (χ1n) is 12.7. The standard InChI is InChI=1S/C17H26N2O2.C10H20N2O2/c1-14-12-19(16(20)21-17(2,3)4)11-10-18(14)13-15-8-6-5-7-9-15;1-8-7-12(6-5-11-8)9(13)14-10(2,3)4/h5-9,14H,10-13H2,1-4H3;8,11H,5-7H2,1-4H3. The summed E-state index contributed by atoms with van der Waals surface area (Å²) < 4.78 is 10.7. The van der Waals surface area contributed by atoms with E-state index in [1.165, 1.54) is 5.56 Å². The molecule has 0 bridgehead atoms. The van der Waals surface area contributed by atoms with Gasteiger partial charge in [0.1, 0.15) is 11.2 Å². The van der Waals surface area contributed by atoms with Crippen LogP contribution in [0.5, 0.6) is 0 Å². The first kappa shape index (κ1) is 28.9. The van der Waals surface area contributed by atoms with Gasteiger partial charge in [-0.05, 0) is 61.0 Å². The summed E-state index contributed by atoms with van der Waals surface area (Å²) >= 11 is 0. The van der Waals surface area contributed by atoms with Crippen LogP contribution in [0.3, 0.4) is 0 Å². The van der Waals surface area contributed by atoms with Gasteiger partial charge in [-0.15, -0.1) is 0 Å². The van der Waals surface area contributed by atoms with Gasteiger partial charge < -0.3 is 24.6 Å². The molecular formula is C27H46N4O4. The second kappa shape index (κ2) is 12.6. The van der Waals surface area contributed by atoms with E-state index < -0.39 is 11.2 Å². The lowest BCUT2D eigenvalue weighted by Crippen LogP contribution is -2.54. The Kier molecular flexibility index (Phi) is 10.4. The molecule has 1 aromatic carbocycles. The van der Waals surface area contributed by atoms with Gasteiger partial charge in [0, 0.05) is 57.9 Å². The van der Waals surface area contributed by atoms with Gasteiger partial charge >= 0.3 is 12.2 Å². The zero-order chi connectivity index (χ0) is 26.2. The molecule has 0 spiro atoms. The summed E-state index contributed by atoms with van der Waals surface area (Å²) in [5, 5.41) is 3.28. The van der Waals surface area contributed by atoms with E-state index in [0.29, 0.717) is 12.1 Å². The molecule has 2 aliphatic heterocycles. The maximum atomic E-state index is 12.1. The van der Waals surface area contributed by atoms with Crippen LogP contribution >= 0.6 is 0 Å². The van der Waals surface area contributed by atoms with Gasteiger partial charge in [-0.25, -0.2) is 9.59 Å². The van der Waals surface area contributed by atoms with Gasteiger partial charge in [-0.1, -0.05) is 30.3 Å². The number of ether oxygens (including phenoxy) is 2. The quantitative estimate of drug-likeness (QED) is 0.665. The second-order valence-corrected chi connectivity index (χ2v) is 11.5. The highest BCUT2D eigenvalue weighted by Gasteiger charge is 2.29. The summed E-state index contributed by atoms with van der Waals surface area (Å²) in [6, 6.07) is 11.2. The van der Waals surface area contributed by atoms with Gasteiger partial charge in [-0.2, -0.15) is 0 Å². The molecule has 2 aliphatic rings. The number of carbonyl (C=O) groups is 2. The molecule has 2 unspecified atom stereocenters. The molecule has 0 saturated carbocycles. The van der Waals surface area contributed by atoms with Gasteiger partial charge in [0.15, 0.2) is 0 Å². The highest BCUT2D eigenvalue weighted by molar-refractivity contribution is 5.68. The minimum absolute atomic E-state index is 0.200. The van der Waals surface area contributed by atoms with Crippen molar-refractivity contribution in [2.45, 2.75) is 85.2 Å². The van der Waals surface area contributed by atoms with Crippen LogP contribution in [0.25, 0.3) is 0 Å². The fourth-order valence-electron chi connectivity index (χ4n) is 3.96. The summed E-state index contributed by atoms with van der Waals surface area (Å²) in [6.45, 7) is 21.2. The largest absolute Gasteiger partial charge is 0.444 e. The van der Waals surface area contributed by atoms with Crippen molar-refractivity contribution in [3.63, 3.8) is 0 Å². The van der Waals surface area contributed by atoms with Crippen LogP contribution in [0.15, 0.2) is 30.3 Å². The molecule has 2 saturated heterocycles. The minimum atomic E-state index is -0.429. The first-order valence-corrected chi connectivity index (χ1v) is 12.7. The summed E-state index contributed by atoms with van der Waals surface area (Å²) in [5.74, 6) is 0. The number of nitrogens with one attached hydrogen (secondary N) is 1. The average Bonchev–Trinajstić information content (AvgIpc) is 2.74. The highest BCUT2D eigenvalue weighted by Crippen LogP contribution is 2.17. The Morgan fingerprint density at radius 3 is 1.89 bits per heavy atom. The third kappa shape index (κ3) is 10.9. The zero-order valence-electron chi connectivity index (χ0n) is 23.0. The number of carbonyl (C=O) groups excluding carboxylic acids is 2. The third-order valence-electron chi connectivity index (χ3n) is 5.67. The fourth-order valence-corrected chi connectivity index (χ4v) is 3.96. The molecule has 1 aromatic rings. The summed E-state index contributed by atoms with van der Waals surface area (Å²) in [5.41, 5.74) is 0.488.